The van der Waals surface area contributed by atoms with Gasteiger partial charge in [0.1, 0.15) is 12.3 Å². The van der Waals surface area contributed by atoms with Gasteiger partial charge in [0.25, 0.3) is 0 Å². The second-order valence-electron chi connectivity index (χ2n) is 5.60. The fraction of sp³-hybridized carbons (Fsp3) is 0.211. The number of hydrogen-bond donors (Lipinski definition) is 1. The number of carbonyl (C=O) groups excluding carboxylic acids is 2. The first-order chi connectivity index (χ1) is 12.0. The van der Waals surface area contributed by atoms with Crippen LogP contribution < -0.4 is 5.32 Å². The maximum absolute atomic E-state index is 12.1. The van der Waals surface area contributed by atoms with Gasteiger partial charge in [-0.15, -0.1) is 0 Å². The Hall–Kier alpha value is -2.99. The van der Waals surface area contributed by atoms with Crippen LogP contribution in [0, 0.1) is 0 Å². The van der Waals surface area contributed by atoms with Gasteiger partial charge in [0.15, 0.2) is 0 Å². The van der Waals surface area contributed by atoms with Crippen molar-refractivity contribution in [3.05, 3.63) is 66.0 Å². The average molecular weight is 339 g/mol. The molecule has 0 unspecified atom stereocenters. The fourth-order valence-electron chi connectivity index (χ4n) is 1.91. The first-order valence-corrected chi connectivity index (χ1v) is 7.86. The maximum atomic E-state index is 12.1. The van der Waals surface area contributed by atoms with Crippen LogP contribution in [0.4, 0.5) is 10.5 Å². The molecule has 0 aliphatic rings. The number of nitrogens with zero attached hydrogens (tertiary/aromatic N) is 2. The Morgan fingerprint density at radius 1 is 1.16 bits per heavy atom. The van der Waals surface area contributed by atoms with Gasteiger partial charge >= 0.3 is 6.09 Å². The number of rotatable bonds is 7. The van der Waals surface area contributed by atoms with Crippen molar-refractivity contribution < 1.29 is 14.3 Å². The van der Waals surface area contributed by atoms with Crippen LogP contribution in [-0.2, 0) is 4.74 Å². The molecule has 25 heavy (non-hydrogen) atoms. The summed E-state index contributed by atoms with van der Waals surface area (Å²) in [6, 6.07) is 12.7. The molecule has 0 bridgehead atoms. The van der Waals surface area contributed by atoms with Crippen LogP contribution in [0.2, 0.25) is 0 Å². The van der Waals surface area contributed by atoms with Gasteiger partial charge in [-0.2, -0.15) is 0 Å². The van der Waals surface area contributed by atoms with Crippen LogP contribution in [0.1, 0.15) is 16.1 Å². The summed E-state index contributed by atoms with van der Waals surface area (Å²) < 4.78 is 5.02. The van der Waals surface area contributed by atoms with Crippen LogP contribution in [-0.4, -0.2) is 49.0 Å². The van der Waals surface area contributed by atoms with Crippen molar-refractivity contribution in [1.29, 1.82) is 0 Å². The zero-order valence-electron chi connectivity index (χ0n) is 14.3. The van der Waals surface area contributed by atoms with E-state index in [0.29, 0.717) is 24.5 Å². The smallest absolute Gasteiger partial charge is 0.411 e. The highest BCUT2D eigenvalue weighted by Gasteiger charge is 2.06. The summed E-state index contributed by atoms with van der Waals surface area (Å²) in [4.78, 5) is 29.7. The summed E-state index contributed by atoms with van der Waals surface area (Å²) in [5.41, 5.74) is 1.71. The van der Waals surface area contributed by atoms with Crippen molar-refractivity contribution in [2.45, 2.75) is 0 Å². The third-order valence-electron chi connectivity index (χ3n) is 3.26. The van der Waals surface area contributed by atoms with Crippen LogP contribution in [0.3, 0.4) is 0 Å². The molecule has 1 heterocycles. The lowest BCUT2D eigenvalue weighted by molar-refractivity contribution is 0.104. The molecule has 1 aromatic heterocycles. The van der Waals surface area contributed by atoms with Crippen LogP contribution in [0.15, 0.2) is 54.7 Å². The monoisotopic (exact) mass is 339 g/mol. The fourth-order valence-corrected chi connectivity index (χ4v) is 1.91. The molecule has 1 amide bonds. The largest absolute Gasteiger partial charge is 0.448 e. The zero-order chi connectivity index (χ0) is 18.1. The Morgan fingerprint density at radius 3 is 2.56 bits per heavy atom. The Labute approximate surface area is 147 Å². The Bertz CT molecular complexity index is 725. The molecule has 0 spiro atoms. The lowest BCUT2D eigenvalue weighted by Gasteiger charge is -2.10. The first-order valence-electron chi connectivity index (χ1n) is 7.86. The predicted octanol–water partition coefficient (Wildman–Crippen LogP) is 3.09. The molecule has 0 radical (unpaired) electrons. The van der Waals surface area contributed by atoms with Crippen molar-refractivity contribution in [1.82, 2.24) is 9.88 Å². The SMILES string of the molecule is CN(C)CCOC(=O)Nc1ccc(C(=O)C=Cc2ccccc2)nc1. The van der Waals surface area contributed by atoms with E-state index in [2.05, 4.69) is 10.3 Å². The summed E-state index contributed by atoms with van der Waals surface area (Å²) in [6.45, 7) is 0.944. The molecule has 1 aromatic carbocycles. The van der Waals surface area contributed by atoms with Crippen molar-refractivity contribution in [3.63, 3.8) is 0 Å². The van der Waals surface area contributed by atoms with E-state index in [1.54, 1.807) is 18.2 Å². The van der Waals surface area contributed by atoms with Crippen molar-refractivity contribution in [2.75, 3.05) is 32.6 Å². The number of likely N-dealkylation sites (N-methyl/N-ethyl adjacent to an activating group) is 1. The second kappa shape index (κ2) is 9.34. The van der Waals surface area contributed by atoms with Gasteiger partial charge in [0.05, 0.1) is 11.9 Å². The summed E-state index contributed by atoms with van der Waals surface area (Å²) >= 11 is 0. The van der Waals surface area contributed by atoms with Gasteiger partial charge < -0.3 is 9.64 Å². The molecule has 0 saturated carbocycles. The van der Waals surface area contributed by atoms with E-state index in [4.69, 9.17) is 4.74 Å². The molecule has 1 N–H and O–H groups in total. The lowest BCUT2D eigenvalue weighted by Crippen LogP contribution is -2.22. The summed E-state index contributed by atoms with van der Waals surface area (Å²) in [5, 5.41) is 2.57. The average Bonchev–Trinajstić information content (AvgIpc) is 2.61. The topological polar surface area (TPSA) is 71.5 Å². The van der Waals surface area contributed by atoms with Crippen molar-refractivity contribution in [2.24, 2.45) is 0 Å². The predicted molar refractivity (Wildman–Crippen MR) is 97.6 cm³/mol. The molecule has 130 valence electrons. The molecular formula is C19H21N3O3. The minimum Gasteiger partial charge on any atom is -0.448 e. The minimum absolute atomic E-state index is 0.205. The highest BCUT2D eigenvalue weighted by Crippen LogP contribution is 2.09. The molecular weight excluding hydrogens is 318 g/mol. The third-order valence-corrected chi connectivity index (χ3v) is 3.26. The molecule has 6 nitrogen and oxygen atoms in total. The van der Waals surface area contributed by atoms with Gasteiger partial charge in [0.2, 0.25) is 5.78 Å². The number of amides is 1. The van der Waals surface area contributed by atoms with Crippen LogP contribution in [0.25, 0.3) is 6.08 Å². The molecule has 0 saturated heterocycles. The van der Waals surface area contributed by atoms with Crippen molar-refractivity contribution in [3.8, 4) is 0 Å². The highest BCUT2D eigenvalue weighted by atomic mass is 16.5. The molecule has 0 aliphatic heterocycles. The number of pyridine rings is 1. The normalized spacial score (nSPS) is 10.8. The van der Waals surface area contributed by atoms with Gasteiger partial charge in [-0.25, -0.2) is 4.79 Å². The lowest BCUT2D eigenvalue weighted by atomic mass is 10.1. The number of carbonyl (C=O) groups is 2. The zero-order valence-corrected chi connectivity index (χ0v) is 14.3. The Kier molecular flexibility index (Phi) is 6.86. The molecule has 6 heteroatoms. The van der Waals surface area contributed by atoms with Gasteiger partial charge in [0, 0.05) is 6.54 Å². The quantitative estimate of drug-likeness (QED) is 0.620. The Balaban J connectivity index is 1.87. The molecule has 2 aromatic rings. The van der Waals surface area contributed by atoms with E-state index in [9.17, 15) is 9.59 Å². The van der Waals surface area contributed by atoms with E-state index in [1.165, 1.54) is 12.3 Å². The second-order valence-corrected chi connectivity index (χ2v) is 5.60. The number of benzene rings is 1. The molecule has 0 fully saturated rings. The van der Waals surface area contributed by atoms with Crippen molar-refractivity contribution >= 4 is 23.6 Å². The standard InChI is InChI=1S/C19H21N3O3/c1-22(2)12-13-25-19(24)21-16-9-10-17(20-14-16)18(23)11-8-15-6-4-3-5-7-15/h3-11,14H,12-13H2,1-2H3,(H,21,24). The third kappa shape index (κ3) is 6.56. The summed E-state index contributed by atoms with van der Waals surface area (Å²) in [7, 11) is 3.79. The summed E-state index contributed by atoms with van der Waals surface area (Å²) in [5.74, 6) is -0.205. The molecule has 2 rings (SSSR count). The van der Waals surface area contributed by atoms with Crippen LogP contribution in [0.5, 0.6) is 0 Å². The molecule has 0 aliphatic carbocycles. The highest BCUT2D eigenvalue weighted by molar-refractivity contribution is 6.05. The van der Waals surface area contributed by atoms with Crippen LogP contribution >= 0.6 is 0 Å². The number of ether oxygens (including phenoxy) is 1. The maximum Gasteiger partial charge on any atom is 0.411 e. The number of aromatic nitrogens is 1. The van der Waals surface area contributed by atoms with Gasteiger partial charge in [-0.05, 0) is 37.9 Å². The number of ketones is 1. The van der Waals surface area contributed by atoms with E-state index in [-0.39, 0.29) is 5.78 Å². The number of allylic oxidation sites excluding steroid dienone is 1. The number of nitrogens with one attached hydrogen (secondary N) is 1. The molecule has 0 atom stereocenters. The van der Waals surface area contributed by atoms with E-state index < -0.39 is 6.09 Å². The first kappa shape index (κ1) is 18.4. The number of anilines is 1. The van der Waals surface area contributed by atoms with Gasteiger partial charge in [-0.1, -0.05) is 36.4 Å². The minimum atomic E-state index is -0.549. The van der Waals surface area contributed by atoms with E-state index in [1.807, 2.05) is 49.3 Å². The Morgan fingerprint density at radius 2 is 1.92 bits per heavy atom. The van der Waals surface area contributed by atoms with Gasteiger partial charge in [-0.3, -0.25) is 15.1 Å². The van der Waals surface area contributed by atoms with E-state index >= 15 is 0 Å². The van der Waals surface area contributed by atoms with E-state index in [0.717, 1.165) is 5.56 Å². The number of hydrogen-bond acceptors (Lipinski definition) is 5. The summed E-state index contributed by atoms with van der Waals surface area (Å²) in [6.07, 6.45) is 4.08.